The summed E-state index contributed by atoms with van der Waals surface area (Å²) < 4.78 is 0. The fourth-order valence-electron chi connectivity index (χ4n) is 3.34. The molecule has 2 bridgehead atoms. The monoisotopic (exact) mass is 195 g/mol. The van der Waals surface area contributed by atoms with Crippen molar-refractivity contribution in [2.75, 3.05) is 6.54 Å². The highest BCUT2D eigenvalue weighted by molar-refractivity contribution is 4.83. The lowest BCUT2D eigenvalue weighted by molar-refractivity contribution is 0.115. The van der Waals surface area contributed by atoms with Crippen molar-refractivity contribution in [2.45, 2.75) is 70.9 Å². The van der Waals surface area contributed by atoms with Crippen LogP contribution in [0.5, 0.6) is 0 Å². The lowest BCUT2D eigenvalue weighted by atomic mass is 9.95. The van der Waals surface area contributed by atoms with Gasteiger partial charge in [0.1, 0.15) is 0 Å². The number of rotatable bonds is 1. The minimum Gasteiger partial charge on any atom is -0.298 e. The van der Waals surface area contributed by atoms with Gasteiger partial charge in [-0.15, -0.1) is 0 Å². The van der Waals surface area contributed by atoms with Crippen molar-refractivity contribution >= 4 is 0 Å². The predicted molar refractivity (Wildman–Crippen MR) is 61.4 cm³/mol. The molecule has 0 radical (unpaired) electrons. The molecule has 1 nitrogen and oxygen atoms in total. The van der Waals surface area contributed by atoms with Crippen LogP contribution in [0.1, 0.15) is 58.8 Å². The molecule has 0 aromatic heterocycles. The summed E-state index contributed by atoms with van der Waals surface area (Å²) in [5, 5.41) is 0. The van der Waals surface area contributed by atoms with E-state index >= 15 is 0 Å². The molecule has 2 heterocycles. The Morgan fingerprint density at radius 1 is 0.929 bits per heavy atom. The molecule has 2 saturated heterocycles. The second-order valence-electron chi connectivity index (χ2n) is 5.53. The van der Waals surface area contributed by atoms with Gasteiger partial charge in [0.05, 0.1) is 0 Å². The summed E-state index contributed by atoms with van der Waals surface area (Å²) in [5.41, 5.74) is 0. The standard InChI is InChI=1S/C13H25N/c1-11(2)14-10-12-6-3-4-8-13(14)9-5-7-12/h11-13H,3-10H2,1-2H3. The number of fused-ring (bicyclic) bond motifs is 3. The molecule has 14 heavy (non-hydrogen) atoms. The largest absolute Gasteiger partial charge is 0.298 e. The Balaban J connectivity index is 2.08. The van der Waals surface area contributed by atoms with Crippen LogP contribution >= 0.6 is 0 Å². The fraction of sp³-hybridized carbons (Fsp3) is 1.00. The lowest BCUT2D eigenvalue weighted by Crippen LogP contribution is -2.42. The lowest BCUT2D eigenvalue weighted by Gasteiger charge is -2.36. The Kier molecular flexibility index (Phi) is 3.48. The van der Waals surface area contributed by atoms with E-state index in [-0.39, 0.29) is 0 Å². The summed E-state index contributed by atoms with van der Waals surface area (Å²) in [7, 11) is 0. The molecule has 2 aliphatic heterocycles. The zero-order valence-corrected chi connectivity index (χ0v) is 9.84. The zero-order valence-electron chi connectivity index (χ0n) is 9.84. The van der Waals surface area contributed by atoms with Crippen LogP contribution in [0.15, 0.2) is 0 Å². The Bertz CT molecular complexity index is 172. The highest BCUT2D eigenvalue weighted by Gasteiger charge is 2.28. The topological polar surface area (TPSA) is 3.24 Å². The quantitative estimate of drug-likeness (QED) is 0.619. The highest BCUT2D eigenvalue weighted by Crippen LogP contribution is 2.31. The third kappa shape index (κ3) is 2.31. The Morgan fingerprint density at radius 2 is 1.57 bits per heavy atom. The summed E-state index contributed by atoms with van der Waals surface area (Å²) >= 11 is 0. The number of nitrogens with zero attached hydrogens (tertiary/aromatic N) is 1. The molecule has 2 rings (SSSR count). The summed E-state index contributed by atoms with van der Waals surface area (Å²) in [6.07, 6.45) is 10.4. The predicted octanol–water partition coefficient (Wildman–Crippen LogP) is 3.44. The average Bonchev–Trinajstić information content (AvgIpc) is 2.23. The van der Waals surface area contributed by atoms with E-state index in [0.29, 0.717) is 0 Å². The minimum absolute atomic E-state index is 0.763. The molecular formula is C13H25N. The van der Waals surface area contributed by atoms with Crippen molar-refractivity contribution in [1.29, 1.82) is 0 Å². The first-order valence-electron chi connectivity index (χ1n) is 6.53. The molecule has 82 valence electrons. The van der Waals surface area contributed by atoms with Gasteiger partial charge in [-0.1, -0.05) is 19.3 Å². The van der Waals surface area contributed by atoms with E-state index in [0.717, 1.165) is 18.0 Å². The molecule has 2 atom stereocenters. The van der Waals surface area contributed by atoms with Gasteiger partial charge in [-0.2, -0.15) is 0 Å². The SMILES string of the molecule is CC(C)N1CC2CCCCC1CCC2. The number of hydrogen-bond donors (Lipinski definition) is 0. The van der Waals surface area contributed by atoms with Gasteiger partial charge in [-0.3, -0.25) is 4.90 Å². The summed E-state index contributed by atoms with van der Waals surface area (Å²) in [4.78, 5) is 2.79. The van der Waals surface area contributed by atoms with Crippen molar-refractivity contribution in [3.63, 3.8) is 0 Å². The molecule has 2 unspecified atom stereocenters. The molecule has 0 aromatic rings. The van der Waals surface area contributed by atoms with Crippen molar-refractivity contribution in [3.05, 3.63) is 0 Å². The van der Waals surface area contributed by atoms with Gasteiger partial charge in [0.2, 0.25) is 0 Å². The van der Waals surface area contributed by atoms with E-state index in [1.54, 1.807) is 0 Å². The Labute approximate surface area is 88.9 Å². The van der Waals surface area contributed by atoms with Gasteiger partial charge in [-0.25, -0.2) is 0 Å². The molecular weight excluding hydrogens is 170 g/mol. The summed E-state index contributed by atoms with van der Waals surface area (Å²) in [6.45, 7) is 6.14. The summed E-state index contributed by atoms with van der Waals surface area (Å²) in [6, 6.07) is 1.68. The molecule has 2 fully saturated rings. The van der Waals surface area contributed by atoms with E-state index in [2.05, 4.69) is 18.7 Å². The van der Waals surface area contributed by atoms with E-state index in [9.17, 15) is 0 Å². The van der Waals surface area contributed by atoms with E-state index in [1.807, 2.05) is 0 Å². The van der Waals surface area contributed by atoms with Crippen molar-refractivity contribution in [1.82, 2.24) is 4.90 Å². The number of hydrogen-bond acceptors (Lipinski definition) is 1. The first-order chi connectivity index (χ1) is 6.77. The highest BCUT2D eigenvalue weighted by atomic mass is 15.2. The minimum atomic E-state index is 0.763. The first-order valence-corrected chi connectivity index (χ1v) is 6.53. The van der Waals surface area contributed by atoms with E-state index in [4.69, 9.17) is 0 Å². The van der Waals surface area contributed by atoms with Crippen molar-refractivity contribution in [3.8, 4) is 0 Å². The maximum atomic E-state index is 2.79. The molecule has 0 amide bonds. The maximum absolute atomic E-state index is 2.79. The zero-order chi connectivity index (χ0) is 9.97. The third-order valence-corrected chi connectivity index (χ3v) is 4.15. The van der Waals surface area contributed by atoms with Crippen LogP contribution in [0, 0.1) is 5.92 Å². The second kappa shape index (κ2) is 4.65. The first kappa shape index (κ1) is 10.5. The van der Waals surface area contributed by atoms with Gasteiger partial charge in [0.15, 0.2) is 0 Å². The molecule has 0 spiro atoms. The van der Waals surface area contributed by atoms with Gasteiger partial charge in [-0.05, 0) is 45.4 Å². The van der Waals surface area contributed by atoms with Crippen LogP contribution < -0.4 is 0 Å². The van der Waals surface area contributed by atoms with E-state index < -0.39 is 0 Å². The smallest absolute Gasteiger partial charge is 0.00980 e. The fourth-order valence-corrected chi connectivity index (χ4v) is 3.34. The van der Waals surface area contributed by atoms with Crippen molar-refractivity contribution in [2.24, 2.45) is 5.92 Å². The van der Waals surface area contributed by atoms with Crippen molar-refractivity contribution < 1.29 is 0 Å². The van der Waals surface area contributed by atoms with Crippen LogP contribution in [0.2, 0.25) is 0 Å². The van der Waals surface area contributed by atoms with Crippen LogP contribution in [0.4, 0.5) is 0 Å². The molecule has 0 aliphatic carbocycles. The third-order valence-electron chi connectivity index (χ3n) is 4.15. The van der Waals surface area contributed by atoms with Gasteiger partial charge in [0.25, 0.3) is 0 Å². The van der Waals surface area contributed by atoms with Gasteiger partial charge in [0, 0.05) is 18.6 Å². The van der Waals surface area contributed by atoms with Crippen LogP contribution in [-0.4, -0.2) is 23.5 Å². The summed E-state index contributed by atoms with van der Waals surface area (Å²) in [5.74, 6) is 1.02. The van der Waals surface area contributed by atoms with Gasteiger partial charge >= 0.3 is 0 Å². The van der Waals surface area contributed by atoms with Crippen LogP contribution in [0.3, 0.4) is 0 Å². The Morgan fingerprint density at radius 3 is 2.36 bits per heavy atom. The maximum Gasteiger partial charge on any atom is 0.00980 e. The normalized spacial score (nSPS) is 35.4. The van der Waals surface area contributed by atoms with E-state index in [1.165, 1.54) is 51.5 Å². The second-order valence-corrected chi connectivity index (χ2v) is 5.53. The molecule has 0 aromatic carbocycles. The van der Waals surface area contributed by atoms with Crippen LogP contribution in [0.25, 0.3) is 0 Å². The Hall–Kier alpha value is -0.0400. The molecule has 1 heteroatoms. The molecule has 2 aliphatic rings. The average molecular weight is 195 g/mol. The molecule has 0 saturated carbocycles. The van der Waals surface area contributed by atoms with Crippen LogP contribution in [-0.2, 0) is 0 Å². The molecule has 0 N–H and O–H groups in total. The van der Waals surface area contributed by atoms with Gasteiger partial charge < -0.3 is 0 Å².